The van der Waals surface area contributed by atoms with E-state index in [9.17, 15) is 9.59 Å². The molecule has 6 heteroatoms. The van der Waals surface area contributed by atoms with Gasteiger partial charge in [-0.15, -0.1) is 0 Å². The third kappa shape index (κ3) is 5.29. The molecule has 0 bridgehead atoms. The molecular formula is C21H25N3O3. The Hall–Kier alpha value is -2.89. The van der Waals surface area contributed by atoms with Crippen molar-refractivity contribution in [3.8, 4) is 5.75 Å². The summed E-state index contributed by atoms with van der Waals surface area (Å²) in [5, 5.41) is 2.93. The van der Waals surface area contributed by atoms with E-state index >= 15 is 0 Å². The predicted octanol–water partition coefficient (Wildman–Crippen LogP) is 2.53. The lowest BCUT2D eigenvalue weighted by atomic mass is 10.1. The molecule has 1 N–H and O–H groups in total. The summed E-state index contributed by atoms with van der Waals surface area (Å²) in [5.74, 6) is 0.404. The second-order valence-corrected chi connectivity index (χ2v) is 7.02. The van der Waals surface area contributed by atoms with Gasteiger partial charge in [0.15, 0.2) is 0 Å². The minimum atomic E-state index is -0.315. The molecule has 0 unspecified atom stereocenters. The molecule has 0 spiro atoms. The highest BCUT2D eigenvalue weighted by Crippen LogP contribution is 2.20. The molecule has 1 atom stereocenters. The molecule has 1 aromatic heterocycles. The van der Waals surface area contributed by atoms with Crippen LogP contribution < -0.4 is 10.1 Å². The lowest BCUT2D eigenvalue weighted by molar-refractivity contribution is -0.129. The van der Waals surface area contributed by atoms with E-state index in [0.717, 1.165) is 17.0 Å². The summed E-state index contributed by atoms with van der Waals surface area (Å²) in [4.78, 5) is 30.6. The molecule has 1 saturated heterocycles. The Labute approximate surface area is 159 Å². The molecular weight excluding hydrogens is 342 g/mol. The zero-order valence-corrected chi connectivity index (χ0v) is 15.7. The Bertz CT molecular complexity index is 775. The van der Waals surface area contributed by atoms with Crippen LogP contribution in [0.15, 0.2) is 48.7 Å². The van der Waals surface area contributed by atoms with Gasteiger partial charge >= 0.3 is 0 Å². The van der Waals surface area contributed by atoms with Crippen LogP contribution in [-0.2, 0) is 22.7 Å². The first-order valence-electron chi connectivity index (χ1n) is 9.22. The van der Waals surface area contributed by atoms with E-state index in [1.165, 1.54) is 0 Å². The second-order valence-electron chi connectivity index (χ2n) is 7.02. The van der Waals surface area contributed by atoms with Crippen LogP contribution in [0.25, 0.3) is 0 Å². The smallest absolute Gasteiger partial charge is 0.225 e. The van der Waals surface area contributed by atoms with Gasteiger partial charge in [-0.3, -0.25) is 14.6 Å². The molecule has 27 heavy (non-hydrogen) atoms. The van der Waals surface area contributed by atoms with Crippen molar-refractivity contribution in [3.63, 3.8) is 0 Å². The number of nitrogens with zero attached hydrogens (tertiary/aromatic N) is 2. The summed E-state index contributed by atoms with van der Waals surface area (Å²) in [6.07, 6.45) is 2.08. The molecule has 2 heterocycles. The summed E-state index contributed by atoms with van der Waals surface area (Å²) < 4.78 is 5.61. The molecule has 2 aromatic rings. The number of amides is 2. The number of pyridine rings is 1. The highest BCUT2D eigenvalue weighted by molar-refractivity contribution is 5.89. The highest BCUT2D eigenvalue weighted by atomic mass is 16.5. The van der Waals surface area contributed by atoms with Gasteiger partial charge in [-0.05, 0) is 43.7 Å². The van der Waals surface area contributed by atoms with Crippen molar-refractivity contribution in [2.24, 2.45) is 5.92 Å². The molecule has 0 saturated carbocycles. The molecule has 0 radical (unpaired) electrons. The van der Waals surface area contributed by atoms with Gasteiger partial charge in [-0.1, -0.05) is 18.2 Å². The third-order valence-corrected chi connectivity index (χ3v) is 4.43. The normalized spacial score (nSPS) is 16.6. The number of hydrogen-bond donors (Lipinski definition) is 1. The Morgan fingerprint density at radius 2 is 2.04 bits per heavy atom. The van der Waals surface area contributed by atoms with Gasteiger partial charge in [-0.2, -0.15) is 0 Å². The number of benzene rings is 1. The number of rotatable bonds is 7. The van der Waals surface area contributed by atoms with Crippen LogP contribution in [0.3, 0.4) is 0 Å². The van der Waals surface area contributed by atoms with Gasteiger partial charge in [0.2, 0.25) is 11.8 Å². The van der Waals surface area contributed by atoms with Crippen molar-refractivity contribution < 1.29 is 14.3 Å². The van der Waals surface area contributed by atoms with Crippen LogP contribution in [0.5, 0.6) is 5.75 Å². The van der Waals surface area contributed by atoms with Crippen molar-refractivity contribution in [2.45, 2.75) is 39.5 Å². The maximum absolute atomic E-state index is 12.4. The fourth-order valence-electron chi connectivity index (χ4n) is 3.08. The number of likely N-dealkylation sites (tertiary alicyclic amines) is 1. The van der Waals surface area contributed by atoms with Crippen molar-refractivity contribution in [1.29, 1.82) is 0 Å². The predicted molar refractivity (Wildman–Crippen MR) is 102 cm³/mol. The van der Waals surface area contributed by atoms with Gasteiger partial charge in [0.1, 0.15) is 5.75 Å². The molecule has 142 valence electrons. The number of hydrogen-bond acceptors (Lipinski definition) is 4. The topological polar surface area (TPSA) is 71.5 Å². The van der Waals surface area contributed by atoms with E-state index in [2.05, 4.69) is 10.3 Å². The SMILES string of the molecule is CC(C)Oc1ccc(CNC(=O)[C@@H]2CC(=O)N(Cc3ccccn3)C2)cc1. The van der Waals surface area contributed by atoms with Gasteiger partial charge in [-0.25, -0.2) is 0 Å². The number of nitrogens with one attached hydrogen (secondary N) is 1. The second kappa shape index (κ2) is 8.66. The average Bonchev–Trinajstić information content (AvgIpc) is 3.02. The Morgan fingerprint density at radius 1 is 1.26 bits per heavy atom. The van der Waals surface area contributed by atoms with Gasteiger partial charge in [0, 0.05) is 25.7 Å². The first-order valence-corrected chi connectivity index (χ1v) is 9.22. The van der Waals surface area contributed by atoms with E-state index < -0.39 is 0 Å². The molecule has 1 aliphatic heterocycles. The van der Waals surface area contributed by atoms with Crippen LogP contribution in [0.4, 0.5) is 0 Å². The van der Waals surface area contributed by atoms with Crippen molar-refractivity contribution in [2.75, 3.05) is 6.54 Å². The number of carbonyl (C=O) groups is 2. The minimum Gasteiger partial charge on any atom is -0.491 e. The summed E-state index contributed by atoms with van der Waals surface area (Å²) in [6.45, 7) is 5.28. The van der Waals surface area contributed by atoms with Gasteiger partial charge in [0.05, 0.1) is 24.3 Å². The monoisotopic (exact) mass is 367 g/mol. The Morgan fingerprint density at radius 3 is 2.70 bits per heavy atom. The van der Waals surface area contributed by atoms with Gasteiger partial charge in [0.25, 0.3) is 0 Å². The highest BCUT2D eigenvalue weighted by Gasteiger charge is 2.34. The van der Waals surface area contributed by atoms with Crippen molar-refractivity contribution in [3.05, 3.63) is 59.9 Å². The molecule has 0 aliphatic carbocycles. The zero-order valence-electron chi connectivity index (χ0n) is 15.7. The lowest BCUT2D eigenvalue weighted by Gasteiger charge is -2.16. The molecule has 6 nitrogen and oxygen atoms in total. The van der Waals surface area contributed by atoms with Crippen molar-refractivity contribution >= 4 is 11.8 Å². The number of carbonyl (C=O) groups excluding carboxylic acids is 2. The van der Waals surface area contributed by atoms with E-state index in [1.54, 1.807) is 11.1 Å². The maximum Gasteiger partial charge on any atom is 0.225 e. The van der Waals surface area contributed by atoms with E-state index in [1.807, 2.05) is 56.3 Å². The van der Waals surface area contributed by atoms with Crippen LogP contribution >= 0.6 is 0 Å². The minimum absolute atomic E-state index is 0.00371. The first-order chi connectivity index (χ1) is 13.0. The van der Waals surface area contributed by atoms with E-state index in [0.29, 0.717) is 19.6 Å². The van der Waals surface area contributed by atoms with Crippen molar-refractivity contribution in [1.82, 2.24) is 15.2 Å². The number of ether oxygens (including phenoxy) is 1. The molecule has 1 aromatic carbocycles. The van der Waals surface area contributed by atoms with Crippen LogP contribution in [0, 0.1) is 5.92 Å². The lowest BCUT2D eigenvalue weighted by Crippen LogP contribution is -2.32. The average molecular weight is 367 g/mol. The van der Waals surface area contributed by atoms with Crippen LogP contribution in [0.1, 0.15) is 31.5 Å². The fraction of sp³-hybridized carbons (Fsp3) is 0.381. The summed E-state index contributed by atoms with van der Waals surface area (Å²) >= 11 is 0. The summed E-state index contributed by atoms with van der Waals surface area (Å²) in [6, 6.07) is 13.3. The van der Waals surface area contributed by atoms with Gasteiger partial charge < -0.3 is 15.0 Å². The molecule has 2 amide bonds. The first kappa shape index (κ1) is 18.9. The standard InChI is InChI=1S/C21H25N3O3/c1-15(2)27-19-8-6-16(7-9-19)12-23-21(26)17-11-20(25)24(13-17)14-18-5-3-4-10-22-18/h3-10,15,17H,11-14H2,1-2H3,(H,23,26)/t17-/m1/s1. The van der Waals surface area contributed by atoms with Crippen LogP contribution in [0.2, 0.25) is 0 Å². The third-order valence-electron chi connectivity index (χ3n) is 4.43. The Balaban J connectivity index is 1.49. The largest absolute Gasteiger partial charge is 0.491 e. The maximum atomic E-state index is 12.4. The molecule has 1 fully saturated rings. The quantitative estimate of drug-likeness (QED) is 0.816. The molecule has 1 aliphatic rings. The number of aromatic nitrogens is 1. The summed E-state index contributed by atoms with van der Waals surface area (Å²) in [7, 11) is 0. The van der Waals surface area contributed by atoms with Crippen LogP contribution in [-0.4, -0.2) is 34.3 Å². The Kier molecular flexibility index (Phi) is 6.06. The van der Waals surface area contributed by atoms with E-state index in [-0.39, 0.29) is 30.3 Å². The summed E-state index contributed by atoms with van der Waals surface area (Å²) in [5.41, 5.74) is 1.82. The fourth-order valence-corrected chi connectivity index (χ4v) is 3.08. The molecule has 3 rings (SSSR count). The zero-order chi connectivity index (χ0) is 19.2. The van der Waals surface area contributed by atoms with E-state index in [4.69, 9.17) is 4.74 Å².